The summed E-state index contributed by atoms with van der Waals surface area (Å²) in [7, 11) is 0. The molecule has 1 aromatic carbocycles. The lowest BCUT2D eigenvalue weighted by atomic mass is 10.1. The second-order valence-electron chi connectivity index (χ2n) is 3.76. The first-order valence-corrected chi connectivity index (χ1v) is 6.03. The molecule has 0 spiro atoms. The number of terminal acetylenes is 1. The number of rotatable bonds is 3. The van der Waals surface area contributed by atoms with Crippen LogP contribution in [0.25, 0.3) is 0 Å². The number of hydrogen-bond acceptors (Lipinski definition) is 2. The van der Waals surface area contributed by atoms with Crippen molar-refractivity contribution in [3.8, 4) is 12.3 Å². The normalized spacial score (nSPS) is 13.8. The number of carbonyl (C=O) groups excluding carboxylic acids is 2. The van der Waals surface area contributed by atoms with Crippen LogP contribution in [-0.2, 0) is 4.79 Å². The van der Waals surface area contributed by atoms with Crippen molar-refractivity contribution in [1.82, 2.24) is 0 Å². The molecule has 0 radical (unpaired) electrons. The van der Waals surface area contributed by atoms with Crippen molar-refractivity contribution in [3.05, 3.63) is 28.2 Å². The highest BCUT2D eigenvalue weighted by molar-refractivity contribution is 9.10. The molecule has 2 rings (SSSR count). The number of nitrogens with zero attached hydrogens (tertiary/aromatic N) is 1. The van der Waals surface area contributed by atoms with E-state index in [1.54, 1.807) is 12.1 Å². The summed E-state index contributed by atoms with van der Waals surface area (Å²) in [6.45, 7) is 0.489. The Morgan fingerprint density at radius 2 is 2.12 bits per heavy atom. The molecule has 0 N–H and O–H groups in total. The minimum absolute atomic E-state index is 0.443. The van der Waals surface area contributed by atoms with Crippen LogP contribution >= 0.6 is 15.9 Å². The van der Waals surface area contributed by atoms with Crippen molar-refractivity contribution in [2.24, 2.45) is 0 Å². The minimum atomic E-state index is -0.463. The largest absolute Gasteiger partial charge is 0.305 e. The maximum atomic E-state index is 11.8. The van der Waals surface area contributed by atoms with Crippen molar-refractivity contribution in [2.75, 3.05) is 11.4 Å². The molecule has 1 heterocycles. The van der Waals surface area contributed by atoms with Gasteiger partial charge in [-0.3, -0.25) is 9.59 Å². The first-order chi connectivity index (χ1) is 8.15. The van der Waals surface area contributed by atoms with Crippen molar-refractivity contribution < 1.29 is 9.59 Å². The van der Waals surface area contributed by atoms with E-state index in [0.717, 1.165) is 4.47 Å². The molecule has 1 aromatic rings. The fourth-order valence-corrected chi connectivity index (χ4v) is 2.19. The first-order valence-electron chi connectivity index (χ1n) is 5.24. The Kier molecular flexibility index (Phi) is 3.30. The zero-order valence-corrected chi connectivity index (χ0v) is 10.7. The van der Waals surface area contributed by atoms with E-state index in [0.29, 0.717) is 30.6 Å². The number of unbranched alkanes of at least 4 members (excludes halogenated alkanes) is 1. The van der Waals surface area contributed by atoms with Crippen LogP contribution in [0.3, 0.4) is 0 Å². The predicted octanol–water partition coefficient (Wildman–Crippen LogP) is 2.39. The lowest BCUT2D eigenvalue weighted by Crippen LogP contribution is -2.30. The molecule has 0 unspecified atom stereocenters. The Morgan fingerprint density at radius 1 is 1.35 bits per heavy atom. The number of Topliss-reactive ketones (excluding diaryl/α,β-unsaturated/α-hetero) is 1. The number of hydrogen-bond donors (Lipinski definition) is 0. The minimum Gasteiger partial charge on any atom is -0.305 e. The van der Waals surface area contributed by atoms with Gasteiger partial charge in [0, 0.05) is 17.4 Å². The van der Waals surface area contributed by atoms with Gasteiger partial charge in [-0.1, -0.05) is 15.9 Å². The molecule has 0 aromatic heterocycles. The molecule has 0 saturated carbocycles. The number of benzene rings is 1. The first kappa shape index (κ1) is 11.9. The van der Waals surface area contributed by atoms with Crippen LogP contribution in [0.4, 0.5) is 5.69 Å². The fraction of sp³-hybridized carbons (Fsp3) is 0.231. The number of amides is 1. The van der Waals surface area contributed by atoms with Crippen LogP contribution in [0.2, 0.25) is 0 Å². The SMILES string of the molecule is C#CCCCN1C(=O)C(=O)c2cc(Br)ccc21. The second-order valence-corrected chi connectivity index (χ2v) is 4.67. The van der Waals surface area contributed by atoms with Crippen LogP contribution in [0, 0.1) is 12.3 Å². The molecule has 0 saturated heterocycles. The number of carbonyl (C=O) groups is 2. The van der Waals surface area contributed by atoms with Crippen LogP contribution in [0.5, 0.6) is 0 Å². The zero-order chi connectivity index (χ0) is 12.4. The number of ketones is 1. The van der Waals surface area contributed by atoms with E-state index in [1.807, 2.05) is 6.07 Å². The monoisotopic (exact) mass is 291 g/mol. The summed E-state index contributed by atoms with van der Waals surface area (Å²) in [5.74, 6) is 1.61. The standard InChI is InChI=1S/C13H10BrNO2/c1-2-3-4-7-15-11-6-5-9(14)8-10(11)12(16)13(15)17/h1,5-6,8H,3-4,7H2. The van der Waals surface area contributed by atoms with Gasteiger partial charge in [0.25, 0.3) is 11.7 Å². The summed E-state index contributed by atoms with van der Waals surface area (Å²) in [5, 5.41) is 0. The summed E-state index contributed by atoms with van der Waals surface area (Å²) in [5.41, 5.74) is 1.14. The maximum Gasteiger partial charge on any atom is 0.299 e. The zero-order valence-electron chi connectivity index (χ0n) is 9.07. The van der Waals surface area contributed by atoms with Gasteiger partial charge in [-0.05, 0) is 24.6 Å². The van der Waals surface area contributed by atoms with Crippen LogP contribution in [0.1, 0.15) is 23.2 Å². The summed E-state index contributed by atoms with van der Waals surface area (Å²) in [6, 6.07) is 5.27. The van der Waals surface area contributed by atoms with Gasteiger partial charge in [0.15, 0.2) is 0 Å². The molecule has 1 aliphatic rings. The quantitative estimate of drug-likeness (QED) is 0.487. The molecule has 86 valence electrons. The molecule has 0 aliphatic carbocycles. The van der Waals surface area contributed by atoms with E-state index in [9.17, 15) is 9.59 Å². The Balaban J connectivity index is 2.29. The van der Waals surface area contributed by atoms with Gasteiger partial charge >= 0.3 is 0 Å². The van der Waals surface area contributed by atoms with E-state index in [-0.39, 0.29) is 0 Å². The third-order valence-corrected chi connectivity index (χ3v) is 3.13. The van der Waals surface area contributed by atoms with Gasteiger partial charge in [-0.25, -0.2) is 0 Å². The van der Waals surface area contributed by atoms with Crippen molar-refractivity contribution in [3.63, 3.8) is 0 Å². The molecule has 0 bridgehead atoms. The second kappa shape index (κ2) is 4.72. The Morgan fingerprint density at radius 3 is 2.82 bits per heavy atom. The van der Waals surface area contributed by atoms with E-state index >= 15 is 0 Å². The molecule has 4 heteroatoms. The number of fused-ring (bicyclic) bond motifs is 1. The van der Waals surface area contributed by atoms with Gasteiger partial charge in [0.1, 0.15) is 0 Å². The van der Waals surface area contributed by atoms with E-state index in [1.165, 1.54) is 4.90 Å². The van der Waals surface area contributed by atoms with Crippen LogP contribution in [0.15, 0.2) is 22.7 Å². The van der Waals surface area contributed by atoms with Gasteiger partial charge in [-0.15, -0.1) is 12.3 Å². The number of halogens is 1. The Bertz CT molecular complexity index is 531. The lowest BCUT2D eigenvalue weighted by Gasteiger charge is -2.15. The predicted molar refractivity (Wildman–Crippen MR) is 68.9 cm³/mol. The van der Waals surface area contributed by atoms with Crippen LogP contribution < -0.4 is 4.90 Å². The molecule has 17 heavy (non-hydrogen) atoms. The topological polar surface area (TPSA) is 37.4 Å². The van der Waals surface area contributed by atoms with Crippen molar-refractivity contribution in [1.29, 1.82) is 0 Å². The average Bonchev–Trinajstić information content (AvgIpc) is 2.54. The van der Waals surface area contributed by atoms with Crippen molar-refractivity contribution >= 4 is 33.3 Å². The highest BCUT2D eigenvalue weighted by Gasteiger charge is 2.35. The van der Waals surface area contributed by atoms with E-state index < -0.39 is 11.7 Å². The molecule has 3 nitrogen and oxygen atoms in total. The molecule has 1 amide bonds. The van der Waals surface area contributed by atoms with Gasteiger partial charge in [-0.2, -0.15) is 0 Å². The van der Waals surface area contributed by atoms with Gasteiger partial charge in [0.05, 0.1) is 11.3 Å². The molecule has 1 aliphatic heterocycles. The third-order valence-electron chi connectivity index (χ3n) is 2.64. The van der Waals surface area contributed by atoms with E-state index in [2.05, 4.69) is 21.9 Å². The molecule has 0 atom stereocenters. The number of anilines is 1. The van der Waals surface area contributed by atoms with Gasteiger partial charge in [0.2, 0.25) is 0 Å². The Labute approximate surface area is 108 Å². The van der Waals surface area contributed by atoms with Gasteiger partial charge < -0.3 is 4.90 Å². The highest BCUT2D eigenvalue weighted by atomic mass is 79.9. The molecular formula is C13H10BrNO2. The summed E-state index contributed by atoms with van der Waals surface area (Å²) in [6.07, 6.45) is 6.46. The van der Waals surface area contributed by atoms with Crippen LogP contribution in [-0.4, -0.2) is 18.2 Å². The highest BCUT2D eigenvalue weighted by Crippen LogP contribution is 2.31. The Hall–Kier alpha value is -1.60. The average molecular weight is 292 g/mol. The third kappa shape index (κ3) is 2.11. The molecule has 0 fully saturated rings. The molecular weight excluding hydrogens is 282 g/mol. The maximum absolute atomic E-state index is 11.8. The smallest absolute Gasteiger partial charge is 0.299 e. The lowest BCUT2D eigenvalue weighted by molar-refractivity contribution is -0.114. The summed E-state index contributed by atoms with van der Waals surface area (Å²) >= 11 is 3.29. The van der Waals surface area contributed by atoms with Crippen molar-refractivity contribution in [2.45, 2.75) is 12.8 Å². The fourth-order valence-electron chi connectivity index (χ4n) is 1.83. The van der Waals surface area contributed by atoms with E-state index in [4.69, 9.17) is 6.42 Å². The summed E-state index contributed by atoms with van der Waals surface area (Å²) < 4.78 is 0.794. The summed E-state index contributed by atoms with van der Waals surface area (Å²) in [4.78, 5) is 25.0.